The number of aromatic nitrogens is 1. The average molecular weight is 387 g/mol. The minimum Gasteiger partial charge on any atom is -0.312 e. The van der Waals surface area contributed by atoms with Crippen molar-refractivity contribution in [2.75, 3.05) is 37.6 Å². The largest absolute Gasteiger partial charge is 0.312 e. The molecule has 27 heavy (non-hydrogen) atoms. The maximum absolute atomic E-state index is 12.9. The molecule has 0 saturated carbocycles. The molecule has 0 radical (unpaired) electrons. The molecule has 1 N–H and O–H groups in total. The van der Waals surface area contributed by atoms with E-state index in [2.05, 4.69) is 40.3 Å². The third kappa shape index (κ3) is 4.67. The van der Waals surface area contributed by atoms with Crippen molar-refractivity contribution in [3.8, 4) is 0 Å². The van der Waals surface area contributed by atoms with Gasteiger partial charge in [-0.25, -0.2) is 0 Å². The molecule has 1 fully saturated rings. The van der Waals surface area contributed by atoms with Gasteiger partial charge in [0.25, 0.3) is 0 Å². The summed E-state index contributed by atoms with van der Waals surface area (Å²) in [5, 5.41) is 3.43. The van der Waals surface area contributed by atoms with Crippen molar-refractivity contribution in [3.05, 3.63) is 59.4 Å². The number of pyridine rings is 1. The highest BCUT2D eigenvalue weighted by Crippen LogP contribution is 2.29. The van der Waals surface area contributed by atoms with E-state index in [1.807, 2.05) is 29.3 Å². The molecule has 1 saturated heterocycles. The topological polar surface area (TPSA) is 48.5 Å². The fraction of sp³-hybridized carbons (Fsp3) is 0.429. The summed E-state index contributed by atoms with van der Waals surface area (Å²) in [6.07, 6.45) is 3.65. The number of nitrogens with one attached hydrogen (secondary N) is 1. The lowest BCUT2D eigenvalue weighted by atomic mass is 10.1. The van der Waals surface area contributed by atoms with Gasteiger partial charge in [0.15, 0.2) is 0 Å². The lowest BCUT2D eigenvalue weighted by Crippen LogP contribution is -2.52. The molecule has 2 aliphatic heterocycles. The molecular formula is C21H27ClN4O. The van der Waals surface area contributed by atoms with Crippen LogP contribution in [-0.4, -0.2) is 54.6 Å². The summed E-state index contributed by atoms with van der Waals surface area (Å²) in [6.45, 7) is 6.27. The standard InChI is InChI=1S/C21H26N4O.ClH/c1-16-14-24(10-8-22-16)15-21(26)25-9-7-18-13-23-19(12-20(18)25)11-17-5-3-2-4-6-17;/h2-6,12-13,16,22H,7-11,14-15H2,1H3;1H. The van der Waals surface area contributed by atoms with Crippen molar-refractivity contribution in [1.29, 1.82) is 0 Å². The Bertz CT molecular complexity index is 783. The molecule has 2 aromatic rings. The number of rotatable bonds is 4. The Balaban J connectivity index is 0.00000210. The van der Waals surface area contributed by atoms with Crippen molar-refractivity contribution in [3.63, 3.8) is 0 Å². The van der Waals surface area contributed by atoms with Crippen LogP contribution in [0.5, 0.6) is 0 Å². The molecular weight excluding hydrogens is 360 g/mol. The van der Waals surface area contributed by atoms with Crippen LogP contribution in [0.2, 0.25) is 0 Å². The SMILES string of the molecule is CC1CN(CC(=O)N2CCc3cnc(Cc4ccccc4)cc32)CCN1.Cl. The van der Waals surface area contributed by atoms with Crippen molar-refractivity contribution in [1.82, 2.24) is 15.2 Å². The van der Waals surface area contributed by atoms with Gasteiger partial charge in [-0.3, -0.25) is 14.7 Å². The maximum Gasteiger partial charge on any atom is 0.241 e. The van der Waals surface area contributed by atoms with Crippen LogP contribution in [0.3, 0.4) is 0 Å². The Labute approximate surface area is 167 Å². The second-order valence-electron chi connectivity index (χ2n) is 7.35. The van der Waals surface area contributed by atoms with Gasteiger partial charge in [-0.15, -0.1) is 12.4 Å². The Morgan fingerprint density at radius 3 is 2.85 bits per heavy atom. The quantitative estimate of drug-likeness (QED) is 0.875. The molecule has 144 valence electrons. The summed E-state index contributed by atoms with van der Waals surface area (Å²) >= 11 is 0. The van der Waals surface area contributed by atoms with E-state index in [0.717, 1.165) is 50.4 Å². The number of piperazine rings is 1. The van der Waals surface area contributed by atoms with Gasteiger partial charge in [0.05, 0.1) is 12.2 Å². The average Bonchev–Trinajstić information content (AvgIpc) is 3.06. The van der Waals surface area contributed by atoms with Gasteiger partial charge < -0.3 is 10.2 Å². The van der Waals surface area contributed by atoms with Gasteiger partial charge in [-0.05, 0) is 30.5 Å². The predicted molar refractivity (Wildman–Crippen MR) is 111 cm³/mol. The minimum absolute atomic E-state index is 0. The number of benzene rings is 1. The lowest BCUT2D eigenvalue weighted by Gasteiger charge is -2.32. The molecule has 1 unspecified atom stereocenters. The smallest absolute Gasteiger partial charge is 0.241 e. The summed E-state index contributed by atoms with van der Waals surface area (Å²) in [4.78, 5) is 21.7. The maximum atomic E-state index is 12.9. The first-order chi connectivity index (χ1) is 12.7. The van der Waals surface area contributed by atoms with E-state index in [1.54, 1.807) is 0 Å². The first-order valence-corrected chi connectivity index (χ1v) is 9.47. The molecule has 1 amide bonds. The zero-order valence-corrected chi connectivity index (χ0v) is 16.5. The molecule has 2 aliphatic rings. The molecule has 5 nitrogen and oxygen atoms in total. The highest BCUT2D eigenvalue weighted by molar-refractivity contribution is 5.96. The number of anilines is 1. The number of hydrogen-bond acceptors (Lipinski definition) is 4. The number of amides is 1. The van der Waals surface area contributed by atoms with Gasteiger partial charge in [-0.1, -0.05) is 30.3 Å². The molecule has 1 aromatic carbocycles. The summed E-state index contributed by atoms with van der Waals surface area (Å²) in [5.41, 5.74) is 4.50. The van der Waals surface area contributed by atoms with Crippen molar-refractivity contribution in [2.24, 2.45) is 0 Å². The number of halogens is 1. The van der Waals surface area contributed by atoms with Gasteiger partial charge >= 0.3 is 0 Å². The number of carbonyl (C=O) groups excluding carboxylic acids is 1. The van der Waals surface area contributed by atoms with Crippen LogP contribution in [0.1, 0.15) is 23.7 Å². The van der Waals surface area contributed by atoms with E-state index in [0.29, 0.717) is 12.6 Å². The van der Waals surface area contributed by atoms with Crippen molar-refractivity contribution < 1.29 is 4.79 Å². The second kappa shape index (κ2) is 8.83. The first kappa shape index (κ1) is 19.8. The van der Waals surface area contributed by atoms with E-state index in [-0.39, 0.29) is 18.3 Å². The number of hydrogen-bond donors (Lipinski definition) is 1. The van der Waals surface area contributed by atoms with Gasteiger partial charge in [0, 0.05) is 50.5 Å². The van der Waals surface area contributed by atoms with Crippen LogP contribution >= 0.6 is 12.4 Å². The summed E-state index contributed by atoms with van der Waals surface area (Å²) in [7, 11) is 0. The zero-order valence-electron chi connectivity index (χ0n) is 15.7. The molecule has 3 heterocycles. The van der Waals surface area contributed by atoms with Crippen LogP contribution in [0, 0.1) is 0 Å². The lowest BCUT2D eigenvalue weighted by molar-refractivity contribution is -0.119. The molecule has 0 bridgehead atoms. The zero-order chi connectivity index (χ0) is 17.9. The molecule has 0 spiro atoms. The van der Waals surface area contributed by atoms with Crippen LogP contribution in [0.25, 0.3) is 0 Å². The molecule has 4 rings (SSSR count). The summed E-state index contributed by atoms with van der Waals surface area (Å²) in [5.74, 6) is 0.203. The monoisotopic (exact) mass is 386 g/mol. The van der Waals surface area contributed by atoms with E-state index in [4.69, 9.17) is 0 Å². The van der Waals surface area contributed by atoms with E-state index >= 15 is 0 Å². The highest BCUT2D eigenvalue weighted by Gasteiger charge is 2.27. The fourth-order valence-electron chi connectivity index (χ4n) is 3.90. The summed E-state index contributed by atoms with van der Waals surface area (Å²) < 4.78 is 0. The van der Waals surface area contributed by atoms with Gasteiger partial charge in [0.1, 0.15) is 0 Å². The Morgan fingerprint density at radius 2 is 2.07 bits per heavy atom. The Hall–Kier alpha value is -1.95. The van der Waals surface area contributed by atoms with E-state index < -0.39 is 0 Å². The minimum atomic E-state index is 0. The molecule has 1 aromatic heterocycles. The normalized spacial score (nSPS) is 19.4. The highest BCUT2D eigenvalue weighted by atomic mass is 35.5. The van der Waals surface area contributed by atoms with Crippen LogP contribution in [-0.2, 0) is 17.6 Å². The van der Waals surface area contributed by atoms with Crippen LogP contribution in [0.4, 0.5) is 5.69 Å². The van der Waals surface area contributed by atoms with E-state index in [1.165, 1.54) is 11.1 Å². The predicted octanol–water partition coefficient (Wildman–Crippen LogP) is 2.28. The second-order valence-corrected chi connectivity index (χ2v) is 7.35. The first-order valence-electron chi connectivity index (χ1n) is 9.47. The van der Waals surface area contributed by atoms with Gasteiger partial charge in [0.2, 0.25) is 5.91 Å². The molecule has 1 atom stereocenters. The number of fused-ring (bicyclic) bond motifs is 1. The number of carbonyl (C=O) groups is 1. The molecule has 0 aliphatic carbocycles. The third-order valence-corrected chi connectivity index (χ3v) is 5.25. The molecule has 6 heteroatoms. The fourth-order valence-corrected chi connectivity index (χ4v) is 3.90. The van der Waals surface area contributed by atoms with E-state index in [9.17, 15) is 4.79 Å². The Morgan fingerprint density at radius 1 is 1.26 bits per heavy atom. The third-order valence-electron chi connectivity index (χ3n) is 5.25. The van der Waals surface area contributed by atoms with Crippen LogP contribution < -0.4 is 10.2 Å². The van der Waals surface area contributed by atoms with Crippen molar-refractivity contribution in [2.45, 2.75) is 25.8 Å². The van der Waals surface area contributed by atoms with Gasteiger partial charge in [-0.2, -0.15) is 0 Å². The van der Waals surface area contributed by atoms with Crippen LogP contribution in [0.15, 0.2) is 42.6 Å². The number of nitrogens with zero attached hydrogens (tertiary/aromatic N) is 3. The van der Waals surface area contributed by atoms with Crippen molar-refractivity contribution >= 4 is 24.0 Å². The Kier molecular flexibility index (Phi) is 6.47. The summed E-state index contributed by atoms with van der Waals surface area (Å²) in [6, 6.07) is 12.9.